The van der Waals surface area contributed by atoms with E-state index in [9.17, 15) is 23.9 Å². The lowest BCUT2D eigenvalue weighted by Crippen LogP contribution is -2.52. The van der Waals surface area contributed by atoms with E-state index in [1.807, 2.05) is 11.8 Å². The maximum atomic E-state index is 13.7. The third-order valence-corrected chi connectivity index (χ3v) is 6.56. The minimum Gasteiger partial charge on any atom is -0.457 e. The fourth-order valence-electron chi connectivity index (χ4n) is 4.53. The van der Waals surface area contributed by atoms with Crippen LogP contribution in [0.4, 0.5) is 4.39 Å². The van der Waals surface area contributed by atoms with E-state index in [1.165, 1.54) is 17.9 Å². The Hall–Kier alpha value is -3.61. The number of Topliss-reactive ketones (excluding diaryl/α,β-unsaturated/α-hetero) is 1. The number of carbonyl (C=O) groups is 3. The monoisotopic (exact) mass is 465 g/mol. The molecule has 0 saturated carbocycles. The lowest BCUT2D eigenvalue weighted by Gasteiger charge is -2.35. The number of esters is 1. The number of nitriles is 1. The first-order chi connectivity index (χ1) is 16.2. The molecule has 1 N–H and O–H groups in total. The normalized spacial score (nSPS) is 16.7. The van der Waals surface area contributed by atoms with Gasteiger partial charge in [0.05, 0.1) is 30.3 Å². The first-order valence-corrected chi connectivity index (χ1v) is 10.9. The summed E-state index contributed by atoms with van der Waals surface area (Å²) in [4.78, 5) is 40.4. The van der Waals surface area contributed by atoms with Gasteiger partial charge in [0.1, 0.15) is 18.5 Å². The molecule has 2 aliphatic heterocycles. The number of hydrogen-bond donors (Lipinski definition) is 1. The van der Waals surface area contributed by atoms with Crippen LogP contribution in [-0.4, -0.2) is 65.3 Å². The van der Waals surface area contributed by atoms with Gasteiger partial charge >= 0.3 is 5.97 Å². The average molecular weight is 465 g/mol. The Kier molecular flexibility index (Phi) is 6.46. The molecule has 1 amide bonds. The maximum absolute atomic E-state index is 13.7. The summed E-state index contributed by atoms with van der Waals surface area (Å²) in [7, 11) is 0. The minimum atomic E-state index is -0.853. The molecule has 0 spiro atoms. The Bertz CT molecular complexity index is 1240. The van der Waals surface area contributed by atoms with Crippen molar-refractivity contribution in [2.45, 2.75) is 26.6 Å². The Morgan fingerprint density at radius 1 is 1.21 bits per heavy atom. The van der Waals surface area contributed by atoms with Crippen LogP contribution in [0, 0.1) is 31.0 Å². The van der Waals surface area contributed by atoms with Crippen molar-refractivity contribution in [3.05, 3.63) is 69.0 Å². The number of halogens is 1. The van der Waals surface area contributed by atoms with Gasteiger partial charge in [-0.15, -0.1) is 0 Å². The molecular formula is C25H24FN3O5. The van der Waals surface area contributed by atoms with Gasteiger partial charge in [-0.05, 0) is 48.7 Å². The van der Waals surface area contributed by atoms with Crippen LogP contribution in [0.1, 0.15) is 54.6 Å². The highest BCUT2D eigenvalue weighted by molar-refractivity contribution is 6.01. The third-order valence-electron chi connectivity index (χ3n) is 6.56. The molecule has 0 aliphatic carbocycles. The number of cyclic esters (lactones) is 1. The maximum Gasteiger partial charge on any atom is 0.338 e. The summed E-state index contributed by atoms with van der Waals surface area (Å²) in [6, 6.07) is 7.55. The number of aliphatic hydroxyl groups is 1. The van der Waals surface area contributed by atoms with Crippen molar-refractivity contribution in [2.24, 2.45) is 0 Å². The number of hydrogen-bond acceptors (Lipinski definition) is 7. The molecular weight excluding hydrogens is 441 g/mol. The molecule has 176 valence electrons. The smallest absolute Gasteiger partial charge is 0.338 e. The quantitative estimate of drug-likeness (QED) is 0.513. The zero-order valence-electron chi connectivity index (χ0n) is 18.9. The fourth-order valence-corrected chi connectivity index (χ4v) is 4.53. The number of carbonyl (C=O) groups excluding carboxylic acids is 3. The van der Waals surface area contributed by atoms with Gasteiger partial charge in [0.15, 0.2) is 5.78 Å². The van der Waals surface area contributed by atoms with E-state index in [0.29, 0.717) is 24.2 Å². The minimum absolute atomic E-state index is 0.0434. The number of aliphatic hydroxyl groups excluding tert-OH is 1. The second-order valence-corrected chi connectivity index (χ2v) is 8.58. The number of nitrogens with zero attached hydrogens (tertiary/aromatic N) is 3. The second kappa shape index (κ2) is 9.33. The molecule has 1 saturated heterocycles. The molecule has 2 heterocycles. The predicted octanol–water partition coefficient (Wildman–Crippen LogP) is 2.05. The fraction of sp³-hybridized carbons (Fsp3) is 0.360. The number of ether oxygens (including phenoxy) is 1. The van der Waals surface area contributed by atoms with Gasteiger partial charge in [0, 0.05) is 30.8 Å². The summed E-state index contributed by atoms with van der Waals surface area (Å²) in [5, 5.41) is 19.9. The number of fused-ring (bicyclic) bond motifs is 1. The molecule has 4 rings (SSSR count). The Labute approximate surface area is 196 Å². The molecule has 2 aliphatic rings. The molecule has 0 bridgehead atoms. The van der Waals surface area contributed by atoms with E-state index in [2.05, 4.69) is 0 Å². The van der Waals surface area contributed by atoms with E-state index >= 15 is 0 Å². The lowest BCUT2D eigenvalue weighted by molar-refractivity contribution is -0.136. The summed E-state index contributed by atoms with van der Waals surface area (Å²) in [6.07, 6.45) is -0.853. The highest BCUT2D eigenvalue weighted by Crippen LogP contribution is 2.29. The van der Waals surface area contributed by atoms with Crippen molar-refractivity contribution in [1.82, 2.24) is 9.80 Å². The summed E-state index contributed by atoms with van der Waals surface area (Å²) in [5.74, 6) is -1.66. The van der Waals surface area contributed by atoms with Crippen molar-refractivity contribution in [2.75, 3.05) is 32.7 Å². The number of β-amino-alcohol motifs (C(OH)–C–C–N with tert-alkyl or cyclic N) is 1. The number of amides is 1. The van der Waals surface area contributed by atoms with Crippen LogP contribution in [0.25, 0.3) is 0 Å². The molecule has 0 unspecified atom stereocenters. The zero-order chi connectivity index (χ0) is 24.6. The summed E-state index contributed by atoms with van der Waals surface area (Å²) < 4.78 is 18.8. The van der Waals surface area contributed by atoms with Gasteiger partial charge in [-0.2, -0.15) is 5.26 Å². The highest BCUT2D eigenvalue weighted by atomic mass is 19.1. The number of piperazine rings is 1. The van der Waals surface area contributed by atoms with Crippen LogP contribution in [-0.2, 0) is 16.1 Å². The van der Waals surface area contributed by atoms with E-state index < -0.39 is 11.9 Å². The standard InChI is InChI=1S/C25H24FN3O5/c1-14-17(5-6-21(26)19(14)9-27)23(31)11-29-8-7-28(12-24(29)32)10-22(30)16-3-4-18-20(15(16)2)13-34-25(18)33/h3-6,22,30H,7-8,10-13H2,1-2H3/t22-/m1/s1. The molecule has 9 heteroatoms. The number of ketones is 1. The molecule has 2 aromatic rings. The molecule has 0 aromatic heterocycles. The molecule has 0 radical (unpaired) electrons. The first kappa shape index (κ1) is 23.5. The van der Waals surface area contributed by atoms with E-state index in [1.54, 1.807) is 18.2 Å². The second-order valence-electron chi connectivity index (χ2n) is 8.58. The number of benzene rings is 2. The van der Waals surface area contributed by atoms with Gasteiger partial charge in [-0.1, -0.05) is 6.07 Å². The highest BCUT2D eigenvalue weighted by Gasteiger charge is 2.30. The Morgan fingerprint density at radius 2 is 1.97 bits per heavy atom. The van der Waals surface area contributed by atoms with Gasteiger partial charge in [-0.25, -0.2) is 9.18 Å². The van der Waals surface area contributed by atoms with Crippen LogP contribution in [0.2, 0.25) is 0 Å². The van der Waals surface area contributed by atoms with Crippen molar-refractivity contribution in [1.29, 1.82) is 5.26 Å². The van der Waals surface area contributed by atoms with Gasteiger partial charge in [0.25, 0.3) is 0 Å². The first-order valence-electron chi connectivity index (χ1n) is 10.9. The van der Waals surface area contributed by atoms with Gasteiger partial charge in [0.2, 0.25) is 5.91 Å². The van der Waals surface area contributed by atoms with Crippen LogP contribution >= 0.6 is 0 Å². The van der Waals surface area contributed by atoms with Crippen LogP contribution in [0.3, 0.4) is 0 Å². The van der Waals surface area contributed by atoms with Crippen molar-refractivity contribution in [3.63, 3.8) is 0 Å². The van der Waals surface area contributed by atoms with Crippen LogP contribution in [0.5, 0.6) is 0 Å². The molecule has 2 aromatic carbocycles. The molecule has 1 atom stereocenters. The van der Waals surface area contributed by atoms with E-state index in [4.69, 9.17) is 10.00 Å². The Balaban J connectivity index is 1.38. The predicted molar refractivity (Wildman–Crippen MR) is 118 cm³/mol. The summed E-state index contributed by atoms with van der Waals surface area (Å²) in [6.45, 7) is 4.41. The molecule has 8 nitrogen and oxygen atoms in total. The number of rotatable bonds is 6. The van der Waals surface area contributed by atoms with Crippen LogP contribution in [0.15, 0.2) is 24.3 Å². The van der Waals surface area contributed by atoms with Crippen molar-refractivity contribution in [3.8, 4) is 6.07 Å². The lowest BCUT2D eigenvalue weighted by atomic mass is 9.95. The van der Waals surface area contributed by atoms with Gasteiger partial charge < -0.3 is 14.7 Å². The van der Waals surface area contributed by atoms with E-state index in [0.717, 1.165) is 17.2 Å². The topological polar surface area (TPSA) is 111 Å². The van der Waals surface area contributed by atoms with Crippen molar-refractivity contribution >= 4 is 17.7 Å². The average Bonchev–Trinajstić information content (AvgIpc) is 3.17. The third kappa shape index (κ3) is 4.30. The van der Waals surface area contributed by atoms with Gasteiger partial charge in [-0.3, -0.25) is 14.5 Å². The SMILES string of the molecule is Cc1c(C(=O)CN2CCN(C[C@@H](O)c3ccc4c(c3C)COC4=O)CC2=O)ccc(F)c1C#N. The van der Waals surface area contributed by atoms with Crippen LogP contribution < -0.4 is 0 Å². The molecule has 34 heavy (non-hydrogen) atoms. The van der Waals surface area contributed by atoms with Crippen molar-refractivity contribution < 1.29 is 28.6 Å². The summed E-state index contributed by atoms with van der Waals surface area (Å²) >= 11 is 0. The zero-order valence-corrected chi connectivity index (χ0v) is 18.9. The van der Waals surface area contributed by atoms with E-state index in [-0.39, 0.29) is 60.6 Å². The molecule has 1 fully saturated rings. The largest absolute Gasteiger partial charge is 0.457 e. The Morgan fingerprint density at radius 3 is 2.68 bits per heavy atom. The summed E-state index contributed by atoms with van der Waals surface area (Å²) in [5.41, 5.74) is 3.09.